The van der Waals surface area contributed by atoms with Crippen LogP contribution in [0.1, 0.15) is 24.0 Å². The number of benzene rings is 1. The number of hydrogen-bond acceptors (Lipinski definition) is 3. The molecule has 0 unspecified atom stereocenters. The first kappa shape index (κ1) is 17.2. The Bertz CT molecular complexity index is 525. The summed E-state index contributed by atoms with van der Waals surface area (Å²) < 4.78 is 1.88. The zero-order valence-corrected chi connectivity index (χ0v) is 12.7. The van der Waals surface area contributed by atoms with Gasteiger partial charge in [0.2, 0.25) is 5.91 Å². The van der Waals surface area contributed by atoms with Crippen molar-refractivity contribution in [3.8, 4) is 0 Å². The van der Waals surface area contributed by atoms with Gasteiger partial charge in [0.05, 0.1) is 6.54 Å². The van der Waals surface area contributed by atoms with E-state index in [1.165, 1.54) is 5.56 Å². The van der Waals surface area contributed by atoms with Gasteiger partial charge in [-0.2, -0.15) is 5.10 Å². The molecule has 0 aliphatic rings. The fourth-order valence-electron chi connectivity index (χ4n) is 1.90. The van der Waals surface area contributed by atoms with Gasteiger partial charge in [-0.15, -0.1) is 12.4 Å². The topological polar surface area (TPSA) is 72.9 Å². The Labute approximate surface area is 130 Å². The normalized spacial score (nSPS) is 9.95. The lowest BCUT2D eigenvalue weighted by atomic mass is 10.1. The van der Waals surface area contributed by atoms with E-state index < -0.39 is 0 Å². The number of amides is 1. The Morgan fingerprint density at radius 3 is 2.57 bits per heavy atom. The minimum absolute atomic E-state index is 0. The van der Waals surface area contributed by atoms with Crippen molar-refractivity contribution in [2.45, 2.75) is 25.9 Å². The Kier molecular flexibility index (Phi) is 7.50. The van der Waals surface area contributed by atoms with E-state index >= 15 is 0 Å². The van der Waals surface area contributed by atoms with E-state index in [2.05, 4.69) is 22.5 Å². The van der Waals surface area contributed by atoms with Gasteiger partial charge >= 0.3 is 0 Å². The number of rotatable bonds is 7. The van der Waals surface area contributed by atoms with Gasteiger partial charge in [-0.1, -0.05) is 24.3 Å². The van der Waals surface area contributed by atoms with E-state index in [9.17, 15) is 4.79 Å². The molecule has 0 aliphatic heterocycles. The number of nitrogens with one attached hydrogen (secondary N) is 1. The number of aromatic nitrogens is 2. The quantitative estimate of drug-likeness (QED) is 0.818. The molecule has 0 saturated heterocycles. The van der Waals surface area contributed by atoms with Gasteiger partial charge in [-0.3, -0.25) is 9.48 Å². The van der Waals surface area contributed by atoms with Crippen LogP contribution in [0.4, 0.5) is 0 Å². The average molecular weight is 309 g/mol. The Hall–Kier alpha value is -1.85. The monoisotopic (exact) mass is 308 g/mol. The second-order valence-electron chi connectivity index (χ2n) is 4.69. The molecule has 1 heterocycles. The second kappa shape index (κ2) is 9.15. The van der Waals surface area contributed by atoms with Crippen molar-refractivity contribution in [1.29, 1.82) is 0 Å². The van der Waals surface area contributed by atoms with Crippen molar-refractivity contribution in [1.82, 2.24) is 15.1 Å². The number of nitrogens with two attached hydrogens (primary N) is 1. The molecule has 114 valence electrons. The molecule has 0 radical (unpaired) electrons. The zero-order chi connectivity index (χ0) is 14.2. The van der Waals surface area contributed by atoms with Crippen molar-refractivity contribution in [3.05, 3.63) is 53.9 Å². The van der Waals surface area contributed by atoms with Gasteiger partial charge in [0.1, 0.15) is 0 Å². The molecule has 21 heavy (non-hydrogen) atoms. The highest BCUT2D eigenvalue weighted by molar-refractivity contribution is 5.85. The van der Waals surface area contributed by atoms with Gasteiger partial charge in [-0.25, -0.2) is 0 Å². The van der Waals surface area contributed by atoms with Crippen molar-refractivity contribution in [2.75, 3.05) is 6.54 Å². The molecule has 2 aromatic rings. The van der Waals surface area contributed by atoms with Crippen LogP contribution in [0.15, 0.2) is 42.7 Å². The minimum Gasteiger partial charge on any atom is -0.352 e. The third kappa shape index (κ3) is 5.97. The number of carbonyl (C=O) groups excluding carboxylic acids is 1. The molecule has 1 aromatic heterocycles. The maximum absolute atomic E-state index is 11.5. The van der Waals surface area contributed by atoms with Crippen LogP contribution in [-0.4, -0.2) is 22.2 Å². The summed E-state index contributed by atoms with van der Waals surface area (Å²) in [7, 11) is 0. The highest BCUT2D eigenvalue weighted by Gasteiger charge is 2.01. The van der Waals surface area contributed by atoms with Gasteiger partial charge in [-0.05, 0) is 30.2 Å². The molecule has 1 amide bonds. The van der Waals surface area contributed by atoms with E-state index in [1.807, 2.05) is 29.1 Å². The van der Waals surface area contributed by atoms with E-state index in [0.717, 1.165) is 18.5 Å². The molecular formula is C15H21ClN4O. The second-order valence-corrected chi connectivity index (χ2v) is 4.69. The molecule has 0 fully saturated rings. The standard InChI is InChI=1S/C15H20N4O.ClH/c16-8-1-3-15(20)17-11-13-4-6-14(7-5-13)12-19-10-2-9-18-19;/h2,4-7,9-10H,1,3,8,11-12,16H2,(H,17,20);1H. The van der Waals surface area contributed by atoms with E-state index in [1.54, 1.807) is 6.20 Å². The summed E-state index contributed by atoms with van der Waals surface area (Å²) in [4.78, 5) is 11.5. The van der Waals surface area contributed by atoms with Crippen LogP contribution >= 0.6 is 12.4 Å². The number of nitrogens with zero attached hydrogens (tertiary/aromatic N) is 2. The Morgan fingerprint density at radius 1 is 1.24 bits per heavy atom. The van der Waals surface area contributed by atoms with Crippen LogP contribution in [0, 0.1) is 0 Å². The first-order valence-corrected chi connectivity index (χ1v) is 6.80. The Morgan fingerprint density at radius 2 is 1.95 bits per heavy atom. The van der Waals surface area contributed by atoms with Crippen molar-refractivity contribution < 1.29 is 4.79 Å². The predicted molar refractivity (Wildman–Crippen MR) is 85.2 cm³/mol. The molecular weight excluding hydrogens is 288 g/mol. The van der Waals surface area contributed by atoms with Crippen LogP contribution < -0.4 is 11.1 Å². The van der Waals surface area contributed by atoms with Crippen LogP contribution in [-0.2, 0) is 17.9 Å². The molecule has 0 spiro atoms. The van der Waals surface area contributed by atoms with Gasteiger partial charge in [0.25, 0.3) is 0 Å². The lowest BCUT2D eigenvalue weighted by molar-refractivity contribution is -0.121. The molecule has 0 atom stereocenters. The molecule has 0 bridgehead atoms. The summed E-state index contributed by atoms with van der Waals surface area (Å²) in [6.45, 7) is 1.87. The molecule has 2 rings (SSSR count). The Balaban J connectivity index is 0.00000220. The molecule has 6 heteroatoms. The third-order valence-corrected chi connectivity index (χ3v) is 3.02. The van der Waals surface area contributed by atoms with Crippen LogP contribution in [0.3, 0.4) is 0 Å². The third-order valence-electron chi connectivity index (χ3n) is 3.02. The summed E-state index contributed by atoms with van der Waals surface area (Å²) in [6, 6.07) is 10.1. The molecule has 0 aliphatic carbocycles. The first-order chi connectivity index (χ1) is 9.78. The number of carbonyl (C=O) groups is 1. The van der Waals surface area contributed by atoms with Crippen LogP contribution in [0.25, 0.3) is 0 Å². The van der Waals surface area contributed by atoms with E-state index in [4.69, 9.17) is 5.73 Å². The largest absolute Gasteiger partial charge is 0.352 e. The van der Waals surface area contributed by atoms with Crippen LogP contribution in [0.2, 0.25) is 0 Å². The van der Waals surface area contributed by atoms with Gasteiger partial charge < -0.3 is 11.1 Å². The smallest absolute Gasteiger partial charge is 0.220 e. The average Bonchev–Trinajstić information content (AvgIpc) is 2.97. The summed E-state index contributed by atoms with van der Waals surface area (Å²) in [5, 5.41) is 7.06. The molecule has 0 saturated carbocycles. The minimum atomic E-state index is 0. The molecule has 5 nitrogen and oxygen atoms in total. The number of hydrogen-bond donors (Lipinski definition) is 2. The lowest BCUT2D eigenvalue weighted by Gasteiger charge is -2.06. The maximum atomic E-state index is 11.5. The van der Waals surface area contributed by atoms with Crippen molar-refractivity contribution in [2.24, 2.45) is 5.73 Å². The SMILES string of the molecule is Cl.NCCCC(=O)NCc1ccc(Cn2cccn2)cc1. The fraction of sp³-hybridized carbons (Fsp3) is 0.333. The lowest BCUT2D eigenvalue weighted by Crippen LogP contribution is -2.23. The van der Waals surface area contributed by atoms with Crippen molar-refractivity contribution in [3.63, 3.8) is 0 Å². The highest BCUT2D eigenvalue weighted by atomic mass is 35.5. The summed E-state index contributed by atoms with van der Waals surface area (Å²) in [5.41, 5.74) is 7.65. The van der Waals surface area contributed by atoms with E-state index in [0.29, 0.717) is 19.5 Å². The predicted octanol–water partition coefficient (Wildman–Crippen LogP) is 1.71. The fourth-order valence-corrected chi connectivity index (χ4v) is 1.90. The van der Waals surface area contributed by atoms with Gasteiger partial charge in [0.15, 0.2) is 0 Å². The zero-order valence-electron chi connectivity index (χ0n) is 11.9. The van der Waals surface area contributed by atoms with Crippen LogP contribution in [0.5, 0.6) is 0 Å². The summed E-state index contributed by atoms with van der Waals surface area (Å²) >= 11 is 0. The molecule has 3 N–H and O–H groups in total. The first-order valence-electron chi connectivity index (χ1n) is 6.80. The van der Waals surface area contributed by atoms with E-state index in [-0.39, 0.29) is 18.3 Å². The number of halogens is 1. The summed E-state index contributed by atoms with van der Waals surface area (Å²) in [6.07, 6.45) is 4.93. The maximum Gasteiger partial charge on any atom is 0.220 e. The highest BCUT2D eigenvalue weighted by Crippen LogP contribution is 2.06. The van der Waals surface area contributed by atoms with Crippen molar-refractivity contribution >= 4 is 18.3 Å². The summed E-state index contributed by atoms with van der Waals surface area (Å²) in [5.74, 6) is 0.0519. The molecule has 1 aromatic carbocycles. The van der Waals surface area contributed by atoms with Gasteiger partial charge in [0, 0.05) is 25.4 Å².